The van der Waals surface area contributed by atoms with Gasteiger partial charge >= 0.3 is 0 Å². The number of amides is 1. The Morgan fingerprint density at radius 2 is 1.57 bits per heavy atom. The van der Waals surface area contributed by atoms with Crippen molar-refractivity contribution in [2.45, 2.75) is 25.2 Å². The summed E-state index contributed by atoms with van der Waals surface area (Å²) in [5, 5.41) is 0. The molecule has 0 saturated carbocycles. The minimum atomic E-state index is -3.57. The second-order valence-electron chi connectivity index (χ2n) is 7.55. The normalized spacial score (nSPS) is 17.9. The molecule has 0 aromatic heterocycles. The van der Waals surface area contributed by atoms with Crippen molar-refractivity contribution in [3.8, 4) is 0 Å². The number of aryl methyl sites for hydroxylation is 2. The molecular weight excluding hydrogens is 374 g/mol. The summed E-state index contributed by atoms with van der Waals surface area (Å²) in [5.41, 5.74) is 5.21. The van der Waals surface area contributed by atoms with Crippen molar-refractivity contribution in [3.63, 3.8) is 0 Å². The van der Waals surface area contributed by atoms with Crippen LogP contribution in [0.4, 0.5) is 11.4 Å². The van der Waals surface area contributed by atoms with Gasteiger partial charge in [0.25, 0.3) is 0 Å². The minimum Gasteiger partial charge on any atom is -0.368 e. The third-order valence-corrected chi connectivity index (χ3v) is 7.65. The average Bonchev–Trinajstić information content (AvgIpc) is 2.95. The first-order chi connectivity index (χ1) is 13.3. The summed E-state index contributed by atoms with van der Waals surface area (Å²) in [6.07, 6.45) is 0.259. The van der Waals surface area contributed by atoms with Crippen molar-refractivity contribution >= 4 is 27.3 Å². The molecule has 1 fully saturated rings. The molecule has 0 radical (unpaired) electrons. The number of sulfonamides is 1. The molecule has 2 aromatic carbocycles. The topological polar surface area (TPSA) is 60.9 Å². The van der Waals surface area contributed by atoms with Crippen LogP contribution in [0.2, 0.25) is 0 Å². The zero-order valence-corrected chi connectivity index (χ0v) is 17.3. The van der Waals surface area contributed by atoms with Crippen LogP contribution in [-0.4, -0.2) is 51.9 Å². The van der Waals surface area contributed by atoms with Gasteiger partial charge in [-0.25, -0.2) is 8.42 Å². The van der Waals surface area contributed by atoms with Crippen molar-refractivity contribution in [3.05, 3.63) is 53.1 Å². The first kappa shape index (κ1) is 19.0. The Balaban J connectivity index is 1.53. The minimum absolute atomic E-state index is 0.00763. The maximum absolute atomic E-state index is 13.1. The zero-order chi connectivity index (χ0) is 20.1. The second kappa shape index (κ2) is 6.90. The fourth-order valence-electron chi connectivity index (χ4n) is 4.21. The van der Waals surface area contributed by atoms with Gasteiger partial charge in [0.2, 0.25) is 15.9 Å². The molecule has 4 rings (SSSR count). The van der Waals surface area contributed by atoms with Crippen molar-refractivity contribution in [2.75, 3.05) is 43.0 Å². The zero-order valence-electron chi connectivity index (χ0n) is 16.5. The highest BCUT2D eigenvalue weighted by Crippen LogP contribution is 2.31. The molecule has 2 aromatic rings. The van der Waals surface area contributed by atoms with Gasteiger partial charge in [-0.05, 0) is 48.7 Å². The van der Waals surface area contributed by atoms with E-state index in [1.54, 1.807) is 34.5 Å². The van der Waals surface area contributed by atoms with Crippen LogP contribution in [-0.2, 0) is 21.2 Å². The number of para-hydroxylation sites is 1. The summed E-state index contributed by atoms with van der Waals surface area (Å²) in [4.78, 5) is 16.0. The molecule has 0 bridgehead atoms. The molecule has 28 heavy (non-hydrogen) atoms. The van der Waals surface area contributed by atoms with Crippen molar-refractivity contribution in [1.82, 2.24) is 4.31 Å². The number of carbonyl (C=O) groups excluding carboxylic acids is 1. The summed E-state index contributed by atoms with van der Waals surface area (Å²) >= 11 is 0. The SMILES string of the molecule is Cc1cccc(C)c1N1CCN(S(=O)(=O)c2ccc3c(c2)CC(=O)N3C)CC1. The Bertz CT molecular complexity index is 1020. The lowest BCUT2D eigenvalue weighted by Gasteiger charge is -2.37. The summed E-state index contributed by atoms with van der Waals surface area (Å²) in [7, 11) is -1.85. The van der Waals surface area contributed by atoms with Gasteiger partial charge in [-0.15, -0.1) is 0 Å². The molecule has 0 N–H and O–H groups in total. The Morgan fingerprint density at radius 1 is 0.929 bits per heavy atom. The van der Waals surface area contributed by atoms with E-state index in [1.807, 2.05) is 6.07 Å². The van der Waals surface area contributed by atoms with E-state index < -0.39 is 10.0 Å². The first-order valence-electron chi connectivity index (χ1n) is 9.50. The largest absolute Gasteiger partial charge is 0.368 e. The molecule has 2 heterocycles. The number of nitrogens with zero attached hydrogens (tertiary/aromatic N) is 3. The van der Waals surface area contributed by atoms with E-state index in [2.05, 4.69) is 30.9 Å². The summed E-state index contributed by atoms with van der Waals surface area (Å²) in [6, 6.07) is 11.2. The lowest BCUT2D eigenvalue weighted by Crippen LogP contribution is -2.49. The predicted molar refractivity (Wildman–Crippen MR) is 110 cm³/mol. The molecule has 0 spiro atoms. The smallest absolute Gasteiger partial charge is 0.243 e. The maximum Gasteiger partial charge on any atom is 0.243 e. The van der Waals surface area contributed by atoms with Crippen LogP contribution in [0.15, 0.2) is 41.3 Å². The number of piperazine rings is 1. The Kier molecular flexibility index (Phi) is 4.67. The van der Waals surface area contributed by atoms with Crippen molar-refractivity contribution in [1.29, 1.82) is 0 Å². The number of hydrogen-bond donors (Lipinski definition) is 0. The highest BCUT2D eigenvalue weighted by atomic mass is 32.2. The fourth-order valence-corrected chi connectivity index (χ4v) is 5.69. The van der Waals surface area contributed by atoms with E-state index in [4.69, 9.17) is 0 Å². The van der Waals surface area contributed by atoms with Crippen LogP contribution < -0.4 is 9.80 Å². The van der Waals surface area contributed by atoms with Gasteiger partial charge < -0.3 is 9.80 Å². The maximum atomic E-state index is 13.1. The third kappa shape index (κ3) is 3.08. The molecule has 2 aliphatic rings. The highest BCUT2D eigenvalue weighted by Gasteiger charge is 2.31. The number of anilines is 2. The highest BCUT2D eigenvalue weighted by molar-refractivity contribution is 7.89. The molecule has 6 nitrogen and oxygen atoms in total. The third-order valence-electron chi connectivity index (χ3n) is 5.76. The van der Waals surface area contributed by atoms with Gasteiger partial charge in [0.1, 0.15) is 0 Å². The van der Waals surface area contributed by atoms with E-state index in [0.717, 1.165) is 11.3 Å². The van der Waals surface area contributed by atoms with E-state index in [-0.39, 0.29) is 17.2 Å². The predicted octanol–water partition coefficient (Wildman–Crippen LogP) is 2.33. The van der Waals surface area contributed by atoms with Crippen LogP contribution in [0.3, 0.4) is 0 Å². The molecule has 0 unspecified atom stereocenters. The van der Waals surface area contributed by atoms with Crippen molar-refractivity contribution in [2.24, 2.45) is 0 Å². The van der Waals surface area contributed by atoms with Gasteiger partial charge in [-0.2, -0.15) is 4.31 Å². The molecule has 2 aliphatic heterocycles. The standard InChI is InChI=1S/C21H25N3O3S/c1-15-5-4-6-16(2)21(15)23-9-11-24(12-10-23)28(26,27)18-7-8-19-17(13-18)14-20(25)22(19)3/h4-8,13H,9-12,14H2,1-3H3. The first-order valence-corrected chi connectivity index (χ1v) is 10.9. The lowest BCUT2D eigenvalue weighted by molar-refractivity contribution is -0.117. The number of benzene rings is 2. The molecular formula is C21H25N3O3S. The lowest BCUT2D eigenvalue weighted by atomic mass is 10.1. The summed E-state index contributed by atoms with van der Waals surface area (Å²) in [5.74, 6) is -0.00763. The van der Waals surface area contributed by atoms with Crippen LogP contribution in [0.25, 0.3) is 0 Å². The van der Waals surface area contributed by atoms with E-state index in [1.165, 1.54) is 16.8 Å². The van der Waals surface area contributed by atoms with E-state index in [0.29, 0.717) is 26.2 Å². The van der Waals surface area contributed by atoms with Crippen LogP contribution in [0.5, 0.6) is 0 Å². The Hall–Kier alpha value is -2.38. The summed E-state index contributed by atoms with van der Waals surface area (Å²) in [6.45, 7) is 6.41. The van der Waals surface area contributed by atoms with Gasteiger partial charge in [-0.3, -0.25) is 4.79 Å². The molecule has 148 valence electrons. The average molecular weight is 400 g/mol. The molecule has 7 heteroatoms. The number of rotatable bonds is 3. The van der Waals surface area contributed by atoms with Crippen LogP contribution in [0, 0.1) is 13.8 Å². The van der Waals surface area contributed by atoms with Crippen LogP contribution >= 0.6 is 0 Å². The Morgan fingerprint density at radius 3 is 2.21 bits per heavy atom. The van der Waals surface area contributed by atoms with Gasteiger partial charge in [0.05, 0.1) is 11.3 Å². The van der Waals surface area contributed by atoms with Crippen molar-refractivity contribution < 1.29 is 13.2 Å². The molecule has 0 aliphatic carbocycles. The number of likely N-dealkylation sites (N-methyl/N-ethyl adjacent to an activating group) is 1. The summed E-state index contributed by atoms with van der Waals surface area (Å²) < 4.78 is 27.8. The number of carbonyl (C=O) groups is 1. The quantitative estimate of drug-likeness (QED) is 0.795. The second-order valence-corrected chi connectivity index (χ2v) is 9.49. The monoisotopic (exact) mass is 399 g/mol. The van der Waals surface area contributed by atoms with Gasteiger partial charge in [0, 0.05) is 44.6 Å². The number of fused-ring (bicyclic) bond motifs is 1. The molecule has 1 saturated heterocycles. The van der Waals surface area contributed by atoms with E-state index >= 15 is 0 Å². The van der Waals surface area contributed by atoms with Gasteiger partial charge in [-0.1, -0.05) is 18.2 Å². The fraction of sp³-hybridized carbons (Fsp3) is 0.381. The van der Waals surface area contributed by atoms with E-state index in [9.17, 15) is 13.2 Å². The van der Waals surface area contributed by atoms with Gasteiger partial charge in [0.15, 0.2) is 0 Å². The molecule has 1 amide bonds. The van der Waals surface area contributed by atoms with Crippen LogP contribution in [0.1, 0.15) is 16.7 Å². The molecule has 0 atom stereocenters. The number of hydrogen-bond acceptors (Lipinski definition) is 4. The Labute approximate surface area is 166 Å².